The fourth-order valence-electron chi connectivity index (χ4n) is 2.46. The lowest BCUT2D eigenvalue weighted by molar-refractivity contribution is 0.105. The summed E-state index contributed by atoms with van der Waals surface area (Å²) in [6, 6.07) is 4.29. The zero-order valence-electron chi connectivity index (χ0n) is 13.5. The molecule has 2 atom stereocenters. The van der Waals surface area contributed by atoms with Gasteiger partial charge in [-0.2, -0.15) is 0 Å². The molecule has 1 saturated heterocycles. The summed E-state index contributed by atoms with van der Waals surface area (Å²) in [6.45, 7) is 7.88. The van der Waals surface area contributed by atoms with Crippen molar-refractivity contribution in [1.82, 2.24) is 10.6 Å². The monoisotopic (exact) mass is 437 g/mol. The molecule has 0 saturated carbocycles. The molecule has 0 aliphatic carbocycles. The summed E-state index contributed by atoms with van der Waals surface area (Å²) in [5.41, 5.74) is 0. The summed E-state index contributed by atoms with van der Waals surface area (Å²) in [7, 11) is 0. The summed E-state index contributed by atoms with van der Waals surface area (Å²) in [5.74, 6) is 1.39. The molecule has 1 aliphatic heterocycles. The van der Waals surface area contributed by atoms with Crippen molar-refractivity contribution in [1.29, 1.82) is 0 Å². The summed E-state index contributed by atoms with van der Waals surface area (Å²) in [6.07, 6.45) is 3.90. The second-order valence-corrected chi connectivity index (χ2v) is 6.47. The van der Waals surface area contributed by atoms with E-state index in [1.807, 2.05) is 0 Å². The third kappa shape index (κ3) is 6.83. The Morgan fingerprint density at radius 2 is 2.36 bits per heavy atom. The molecule has 0 aromatic carbocycles. The van der Waals surface area contributed by atoms with E-state index in [1.54, 1.807) is 11.3 Å². The normalized spacial score (nSPS) is 19.5. The first-order chi connectivity index (χ1) is 10.3. The van der Waals surface area contributed by atoms with Gasteiger partial charge in [-0.05, 0) is 37.6 Å². The Bertz CT molecular complexity index is 419. The molecule has 0 radical (unpaired) electrons. The van der Waals surface area contributed by atoms with Gasteiger partial charge in [-0.3, -0.25) is 4.99 Å². The number of guanidine groups is 1. The van der Waals surface area contributed by atoms with Gasteiger partial charge < -0.3 is 15.4 Å². The van der Waals surface area contributed by atoms with Crippen LogP contribution in [0.3, 0.4) is 0 Å². The van der Waals surface area contributed by atoms with E-state index in [0.29, 0.717) is 12.0 Å². The first-order valence-electron chi connectivity index (χ1n) is 7.96. The van der Waals surface area contributed by atoms with Crippen molar-refractivity contribution >= 4 is 41.3 Å². The van der Waals surface area contributed by atoms with Crippen LogP contribution in [-0.2, 0) is 4.74 Å². The second kappa shape index (κ2) is 11.2. The lowest BCUT2D eigenvalue weighted by Gasteiger charge is -2.14. The zero-order valence-corrected chi connectivity index (χ0v) is 16.7. The lowest BCUT2D eigenvalue weighted by Crippen LogP contribution is -2.38. The van der Waals surface area contributed by atoms with Gasteiger partial charge in [0, 0.05) is 30.5 Å². The number of hydrogen-bond donors (Lipinski definition) is 2. The van der Waals surface area contributed by atoms with Crippen molar-refractivity contribution in [2.24, 2.45) is 4.99 Å². The Morgan fingerprint density at radius 3 is 3.00 bits per heavy atom. The molecular formula is C16H28IN3OS. The molecule has 4 nitrogen and oxygen atoms in total. The van der Waals surface area contributed by atoms with Crippen LogP contribution in [0.1, 0.15) is 43.9 Å². The molecule has 1 aromatic rings. The SMILES string of the molecule is CCNC(=NCC(C)c1cccs1)NCCC1CCCO1.I. The van der Waals surface area contributed by atoms with E-state index in [4.69, 9.17) is 9.73 Å². The van der Waals surface area contributed by atoms with Crippen molar-refractivity contribution < 1.29 is 4.74 Å². The molecule has 6 heteroatoms. The van der Waals surface area contributed by atoms with E-state index < -0.39 is 0 Å². The molecule has 2 rings (SSSR count). The van der Waals surface area contributed by atoms with Gasteiger partial charge in [-0.1, -0.05) is 13.0 Å². The van der Waals surface area contributed by atoms with Crippen molar-refractivity contribution in [3.63, 3.8) is 0 Å². The van der Waals surface area contributed by atoms with Crippen molar-refractivity contribution in [2.45, 2.75) is 45.1 Å². The quantitative estimate of drug-likeness (QED) is 0.389. The predicted octanol–water partition coefficient (Wildman–Crippen LogP) is 3.59. The van der Waals surface area contributed by atoms with E-state index in [1.165, 1.54) is 17.7 Å². The highest BCUT2D eigenvalue weighted by Crippen LogP contribution is 2.20. The molecule has 0 bridgehead atoms. The Hall–Kier alpha value is -0.340. The van der Waals surface area contributed by atoms with Gasteiger partial charge in [0.1, 0.15) is 0 Å². The second-order valence-electron chi connectivity index (χ2n) is 5.49. The average Bonchev–Trinajstić information content (AvgIpc) is 3.17. The van der Waals surface area contributed by atoms with Gasteiger partial charge in [0.2, 0.25) is 0 Å². The van der Waals surface area contributed by atoms with Crippen LogP contribution in [0, 0.1) is 0 Å². The third-order valence-electron chi connectivity index (χ3n) is 3.68. The van der Waals surface area contributed by atoms with E-state index in [-0.39, 0.29) is 24.0 Å². The summed E-state index contributed by atoms with van der Waals surface area (Å²) in [4.78, 5) is 6.09. The zero-order chi connectivity index (χ0) is 14.9. The Balaban J connectivity index is 0.00000242. The minimum absolute atomic E-state index is 0. The molecule has 0 spiro atoms. The molecule has 126 valence electrons. The first-order valence-corrected chi connectivity index (χ1v) is 8.84. The van der Waals surface area contributed by atoms with Crippen molar-refractivity contribution in [3.8, 4) is 0 Å². The van der Waals surface area contributed by atoms with Gasteiger partial charge in [-0.15, -0.1) is 35.3 Å². The number of rotatable bonds is 7. The number of thiophene rings is 1. The maximum Gasteiger partial charge on any atom is 0.191 e. The number of nitrogens with one attached hydrogen (secondary N) is 2. The van der Waals surface area contributed by atoms with Crippen molar-refractivity contribution in [3.05, 3.63) is 22.4 Å². The number of hydrogen-bond acceptors (Lipinski definition) is 3. The highest BCUT2D eigenvalue weighted by atomic mass is 127. The van der Waals surface area contributed by atoms with Gasteiger partial charge in [0.05, 0.1) is 12.6 Å². The number of aliphatic imine (C=N–C) groups is 1. The van der Waals surface area contributed by atoms with E-state index >= 15 is 0 Å². The van der Waals surface area contributed by atoms with Crippen LogP contribution in [0.15, 0.2) is 22.5 Å². The highest BCUT2D eigenvalue weighted by molar-refractivity contribution is 14.0. The third-order valence-corrected chi connectivity index (χ3v) is 4.78. The molecule has 22 heavy (non-hydrogen) atoms. The van der Waals surface area contributed by atoms with Crippen LogP contribution in [-0.4, -0.2) is 38.3 Å². The van der Waals surface area contributed by atoms with Crippen LogP contribution in [0.25, 0.3) is 0 Å². The van der Waals surface area contributed by atoms with Gasteiger partial charge in [0.25, 0.3) is 0 Å². The van der Waals surface area contributed by atoms with Crippen LogP contribution in [0.2, 0.25) is 0 Å². The minimum atomic E-state index is 0. The van der Waals surface area contributed by atoms with E-state index in [2.05, 4.69) is 42.0 Å². The largest absolute Gasteiger partial charge is 0.378 e. The molecule has 2 N–H and O–H groups in total. The minimum Gasteiger partial charge on any atom is -0.378 e. The number of ether oxygens (including phenoxy) is 1. The van der Waals surface area contributed by atoms with Gasteiger partial charge in [0.15, 0.2) is 5.96 Å². The molecule has 1 fully saturated rings. The number of nitrogens with zero attached hydrogens (tertiary/aromatic N) is 1. The first kappa shape index (κ1) is 19.7. The fourth-order valence-corrected chi connectivity index (χ4v) is 3.23. The molecule has 2 unspecified atom stereocenters. The highest BCUT2D eigenvalue weighted by Gasteiger charge is 2.14. The summed E-state index contributed by atoms with van der Waals surface area (Å²) < 4.78 is 5.64. The Morgan fingerprint density at radius 1 is 1.50 bits per heavy atom. The fraction of sp³-hybridized carbons (Fsp3) is 0.688. The Labute approximate surface area is 155 Å². The van der Waals surface area contributed by atoms with Crippen LogP contribution in [0.4, 0.5) is 0 Å². The standard InChI is InChI=1S/C16H27N3OS.HI/c1-3-17-16(18-9-8-14-6-4-10-20-14)19-12-13(2)15-7-5-11-21-15;/h5,7,11,13-14H,3-4,6,8-10,12H2,1-2H3,(H2,17,18,19);1H. The predicted molar refractivity (Wildman–Crippen MR) is 106 cm³/mol. The summed E-state index contributed by atoms with van der Waals surface area (Å²) >= 11 is 1.80. The Kier molecular flexibility index (Phi) is 10.1. The smallest absolute Gasteiger partial charge is 0.191 e. The van der Waals surface area contributed by atoms with Gasteiger partial charge >= 0.3 is 0 Å². The average molecular weight is 437 g/mol. The molecule has 1 aromatic heterocycles. The lowest BCUT2D eigenvalue weighted by atomic mass is 10.1. The number of halogens is 1. The van der Waals surface area contributed by atoms with Crippen molar-refractivity contribution in [2.75, 3.05) is 26.2 Å². The maximum absolute atomic E-state index is 5.64. The topological polar surface area (TPSA) is 45.7 Å². The van der Waals surface area contributed by atoms with E-state index in [9.17, 15) is 0 Å². The van der Waals surface area contributed by atoms with Gasteiger partial charge in [-0.25, -0.2) is 0 Å². The molecule has 2 heterocycles. The van der Waals surface area contributed by atoms with E-state index in [0.717, 1.165) is 38.6 Å². The maximum atomic E-state index is 5.64. The molecular weight excluding hydrogens is 409 g/mol. The van der Waals surface area contributed by atoms with Crippen LogP contribution in [0.5, 0.6) is 0 Å². The molecule has 0 amide bonds. The summed E-state index contributed by atoms with van der Waals surface area (Å²) in [5, 5.41) is 8.85. The molecule has 1 aliphatic rings. The van der Waals surface area contributed by atoms with Crippen LogP contribution >= 0.6 is 35.3 Å². The van der Waals surface area contributed by atoms with Crippen LogP contribution < -0.4 is 10.6 Å².